The van der Waals surface area contributed by atoms with Gasteiger partial charge in [-0.05, 0) is 79.1 Å². The monoisotopic (exact) mass is 546 g/mol. The first-order valence-corrected chi connectivity index (χ1v) is 13.9. The molecule has 10 heteroatoms. The maximum atomic E-state index is 12.0. The largest absolute Gasteiger partial charge is 0.466 e. The van der Waals surface area contributed by atoms with E-state index >= 15 is 0 Å². The molecule has 0 aliphatic rings. The van der Waals surface area contributed by atoms with Gasteiger partial charge in [0.05, 0.1) is 19.6 Å². The lowest BCUT2D eigenvalue weighted by Gasteiger charge is -2.25. The Kier molecular flexibility index (Phi) is 19.5. The van der Waals surface area contributed by atoms with Crippen molar-refractivity contribution in [3.05, 3.63) is 0 Å². The second-order valence-electron chi connectivity index (χ2n) is 10.7. The summed E-state index contributed by atoms with van der Waals surface area (Å²) in [6.45, 7) is 7.56. The number of hydrogen-bond donors (Lipinski definition) is 2. The highest BCUT2D eigenvalue weighted by Crippen LogP contribution is 2.20. The third-order valence-corrected chi connectivity index (χ3v) is 5.65. The van der Waals surface area contributed by atoms with Gasteiger partial charge in [-0.3, -0.25) is 19.2 Å². The van der Waals surface area contributed by atoms with Crippen molar-refractivity contribution in [3.8, 4) is 0 Å². The number of esters is 4. The topological polar surface area (TPSA) is 146 Å². The van der Waals surface area contributed by atoms with Crippen LogP contribution in [0.25, 0.3) is 0 Å². The molecule has 0 atom stereocenters. The number of carbonyl (C=O) groups is 4. The van der Waals surface area contributed by atoms with Crippen LogP contribution >= 0.6 is 0 Å². The minimum absolute atomic E-state index is 0.0356. The summed E-state index contributed by atoms with van der Waals surface area (Å²) >= 11 is 0. The minimum atomic E-state index is -0.957. The summed E-state index contributed by atoms with van der Waals surface area (Å²) in [4.78, 5) is 47.5. The van der Waals surface area contributed by atoms with Crippen molar-refractivity contribution in [2.45, 2.75) is 129 Å². The van der Waals surface area contributed by atoms with E-state index in [4.69, 9.17) is 29.2 Å². The minimum Gasteiger partial charge on any atom is -0.466 e. The first-order chi connectivity index (χ1) is 17.9. The Labute approximate surface area is 227 Å². The fourth-order valence-corrected chi connectivity index (χ4v) is 3.63. The average Bonchev–Trinajstić information content (AvgIpc) is 2.81. The lowest BCUT2D eigenvalue weighted by Crippen LogP contribution is -2.31. The third-order valence-electron chi connectivity index (χ3n) is 5.65. The van der Waals surface area contributed by atoms with Crippen LogP contribution in [-0.2, 0) is 38.1 Å². The molecule has 2 N–H and O–H groups in total. The first kappa shape index (κ1) is 35.8. The average molecular weight is 547 g/mol. The highest BCUT2D eigenvalue weighted by atomic mass is 16.6. The Morgan fingerprint density at radius 1 is 0.526 bits per heavy atom. The summed E-state index contributed by atoms with van der Waals surface area (Å²) in [7, 11) is 0. The van der Waals surface area contributed by atoms with Gasteiger partial charge in [-0.2, -0.15) is 0 Å². The Hall–Kier alpha value is -2.20. The van der Waals surface area contributed by atoms with Crippen molar-refractivity contribution in [3.63, 3.8) is 0 Å². The quantitative estimate of drug-likeness (QED) is 0.109. The maximum absolute atomic E-state index is 12.0. The zero-order chi connectivity index (χ0) is 28.9. The fourth-order valence-electron chi connectivity index (χ4n) is 3.63. The van der Waals surface area contributed by atoms with Crippen molar-refractivity contribution >= 4 is 23.9 Å². The normalized spacial score (nSPS) is 11.6. The van der Waals surface area contributed by atoms with Crippen LogP contribution in [0.15, 0.2) is 0 Å². The molecule has 0 amide bonds. The van der Waals surface area contributed by atoms with E-state index in [9.17, 15) is 19.2 Å². The maximum Gasteiger partial charge on any atom is 0.309 e. The van der Waals surface area contributed by atoms with Crippen molar-refractivity contribution in [2.24, 2.45) is 0 Å². The number of aliphatic hydroxyl groups excluding tert-OH is 2. The number of ether oxygens (including phenoxy) is 4. The smallest absolute Gasteiger partial charge is 0.309 e. The molecule has 0 aromatic carbocycles. The zero-order valence-corrected chi connectivity index (χ0v) is 23.9. The zero-order valence-electron chi connectivity index (χ0n) is 23.9. The molecule has 0 aliphatic heterocycles. The van der Waals surface area contributed by atoms with Gasteiger partial charge in [0.1, 0.15) is 11.2 Å². The number of aliphatic hydroxyl groups is 2. The van der Waals surface area contributed by atoms with Gasteiger partial charge >= 0.3 is 23.9 Å². The molecule has 38 heavy (non-hydrogen) atoms. The molecule has 0 aromatic rings. The number of hydrogen-bond acceptors (Lipinski definition) is 10. The summed E-state index contributed by atoms with van der Waals surface area (Å²) < 4.78 is 21.2. The van der Waals surface area contributed by atoms with E-state index < -0.39 is 17.2 Å². The molecule has 0 fully saturated rings. The van der Waals surface area contributed by atoms with Crippen LogP contribution in [-0.4, -0.2) is 71.7 Å². The van der Waals surface area contributed by atoms with E-state index in [-0.39, 0.29) is 63.6 Å². The van der Waals surface area contributed by atoms with Gasteiger partial charge in [-0.1, -0.05) is 12.8 Å². The number of rotatable bonds is 23. The molecule has 0 heterocycles. The summed E-state index contributed by atoms with van der Waals surface area (Å²) in [6.07, 6.45) is 7.29. The first-order valence-electron chi connectivity index (χ1n) is 13.9. The van der Waals surface area contributed by atoms with Gasteiger partial charge in [-0.25, -0.2) is 0 Å². The lowest BCUT2D eigenvalue weighted by atomic mass is 9.99. The van der Waals surface area contributed by atoms with Gasteiger partial charge in [0.2, 0.25) is 0 Å². The van der Waals surface area contributed by atoms with E-state index in [1.54, 1.807) is 13.8 Å². The highest BCUT2D eigenvalue weighted by molar-refractivity contribution is 5.73. The molecule has 222 valence electrons. The van der Waals surface area contributed by atoms with Crippen molar-refractivity contribution in [1.82, 2.24) is 0 Å². The molecule has 10 nitrogen and oxygen atoms in total. The molecule has 0 aromatic heterocycles. The molecule has 0 aliphatic carbocycles. The Bertz CT molecular complexity index is 687. The van der Waals surface area contributed by atoms with E-state index in [1.807, 2.05) is 13.8 Å². The Morgan fingerprint density at radius 3 is 1.58 bits per heavy atom. The number of carbonyl (C=O) groups excluding carboxylic acids is 4. The Balaban J connectivity index is 3.82. The molecular weight excluding hydrogens is 496 g/mol. The number of unbranched alkanes of at least 4 members (excludes halogenated alkanes) is 5. The molecule has 0 unspecified atom stereocenters. The molecule has 0 saturated carbocycles. The second kappa shape index (κ2) is 20.7. The molecule has 0 spiro atoms. The van der Waals surface area contributed by atoms with Crippen LogP contribution in [0.5, 0.6) is 0 Å². The van der Waals surface area contributed by atoms with Crippen LogP contribution in [0.3, 0.4) is 0 Å². The van der Waals surface area contributed by atoms with Crippen molar-refractivity contribution < 1.29 is 48.3 Å². The summed E-state index contributed by atoms with van der Waals surface area (Å²) in [5.74, 6) is -1.41. The highest BCUT2D eigenvalue weighted by Gasteiger charge is 2.27. The molecule has 0 radical (unpaired) electrons. The second-order valence-corrected chi connectivity index (χ2v) is 10.7. The predicted molar refractivity (Wildman–Crippen MR) is 141 cm³/mol. The van der Waals surface area contributed by atoms with E-state index in [0.717, 1.165) is 19.3 Å². The standard InChI is InChI=1S/C28H50O10/c1-27(2,37-25(33)16-13-19-30)17-9-5-7-14-23(31)35-20-11-12-21-36-26(34)22-28(3,4)38-24(32)15-8-6-10-18-29/h29-30H,5-22H2,1-4H3. The van der Waals surface area contributed by atoms with Gasteiger partial charge in [0.15, 0.2) is 0 Å². The molecular formula is C28H50O10. The molecule has 0 rings (SSSR count). The SMILES string of the molecule is CC(C)(CCCCCC(=O)OCCCCOC(=O)CC(C)(C)OC(=O)CCCCCO)OC(=O)CCCO. The lowest BCUT2D eigenvalue weighted by molar-refractivity contribution is -0.163. The van der Waals surface area contributed by atoms with Gasteiger partial charge < -0.3 is 29.2 Å². The van der Waals surface area contributed by atoms with Gasteiger partial charge in [0, 0.05) is 32.5 Å². The molecule has 0 saturated heterocycles. The Morgan fingerprint density at radius 2 is 1.00 bits per heavy atom. The van der Waals surface area contributed by atoms with Gasteiger partial charge in [-0.15, -0.1) is 0 Å². The molecule has 0 bridgehead atoms. The van der Waals surface area contributed by atoms with Crippen LogP contribution in [0.4, 0.5) is 0 Å². The van der Waals surface area contributed by atoms with E-state index in [1.165, 1.54) is 0 Å². The van der Waals surface area contributed by atoms with E-state index in [0.29, 0.717) is 51.4 Å². The van der Waals surface area contributed by atoms with Crippen LogP contribution < -0.4 is 0 Å². The summed E-state index contributed by atoms with van der Waals surface area (Å²) in [5.41, 5.74) is -1.53. The van der Waals surface area contributed by atoms with Crippen molar-refractivity contribution in [1.29, 1.82) is 0 Å². The van der Waals surface area contributed by atoms with Crippen LogP contribution in [0.1, 0.15) is 118 Å². The predicted octanol–water partition coefficient (Wildman–Crippen LogP) is 4.16. The fraction of sp³-hybridized carbons (Fsp3) is 0.857. The summed E-state index contributed by atoms with van der Waals surface area (Å²) in [6, 6.07) is 0. The van der Waals surface area contributed by atoms with Crippen LogP contribution in [0.2, 0.25) is 0 Å². The van der Waals surface area contributed by atoms with Gasteiger partial charge in [0.25, 0.3) is 0 Å². The van der Waals surface area contributed by atoms with Crippen LogP contribution in [0, 0.1) is 0 Å². The third kappa shape index (κ3) is 21.8. The summed E-state index contributed by atoms with van der Waals surface area (Å²) in [5, 5.41) is 17.5. The van der Waals surface area contributed by atoms with Crippen molar-refractivity contribution in [2.75, 3.05) is 26.4 Å². The van der Waals surface area contributed by atoms with E-state index in [2.05, 4.69) is 0 Å².